The van der Waals surface area contributed by atoms with Crippen molar-refractivity contribution in [2.45, 2.75) is 11.2 Å². The van der Waals surface area contributed by atoms with E-state index in [2.05, 4.69) is 0 Å². The molecule has 4 aliphatic rings. The molecule has 0 saturated heterocycles. The van der Waals surface area contributed by atoms with Gasteiger partial charge in [-0.1, -0.05) is 139 Å². The zero-order valence-corrected chi connectivity index (χ0v) is 41.0. The van der Waals surface area contributed by atoms with E-state index in [0.29, 0.717) is 0 Å². The van der Waals surface area contributed by atoms with Crippen LogP contribution in [0.2, 0.25) is 60.3 Å². The molecule has 0 amide bonds. The van der Waals surface area contributed by atoms with E-state index >= 15 is 0 Å². The molecule has 6 N–H and O–H groups in total. The second-order valence-electron chi connectivity index (χ2n) is 14.5. The lowest BCUT2D eigenvalue weighted by Gasteiger charge is -2.38. The maximum atomic E-state index is 13.2. The molecule has 0 unspecified atom stereocenters. The van der Waals surface area contributed by atoms with E-state index in [9.17, 15) is 49.8 Å². The number of phenolic OH excluding ortho intramolecular Hbond substituents is 4. The number of aromatic hydroxyl groups is 4. The van der Waals surface area contributed by atoms with Crippen molar-refractivity contribution >= 4 is 163 Å². The third-order valence-corrected chi connectivity index (χ3v) is 15.0. The van der Waals surface area contributed by atoms with Gasteiger partial charge < -0.3 is 49.6 Å². The van der Waals surface area contributed by atoms with E-state index in [4.69, 9.17) is 158 Å². The Hall–Kier alpha value is -4.52. The van der Waals surface area contributed by atoms with Crippen LogP contribution < -0.4 is 9.47 Å². The zero-order chi connectivity index (χ0) is 49.7. The number of hydrogen-bond donors (Lipinski definition) is 6. The van der Waals surface area contributed by atoms with Crippen molar-refractivity contribution in [3.8, 4) is 46.0 Å². The minimum absolute atomic E-state index is 0.0127. The van der Waals surface area contributed by atoms with Crippen LogP contribution in [0.1, 0.15) is 74.8 Å². The number of fused-ring (bicyclic) bond motifs is 12. The Bertz CT molecular complexity index is 3320. The summed E-state index contributed by atoms with van der Waals surface area (Å²) in [6.07, 6.45) is 0. The lowest BCUT2D eigenvalue weighted by atomic mass is 9.77. The Kier molecular flexibility index (Phi) is 11.8. The van der Waals surface area contributed by atoms with Gasteiger partial charge in [-0.15, -0.1) is 0 Å². The summed E-state index contributed by atoms with van der Waals surface area (Å²) in [5.74, 6) is -7.93. The summed E-state index contributed by atoms with van der Waals surface area (Å²) in [5.41, 5.74) is -5.73. The van der Waals surface area contributed by atoms with Crippen molar-refractivity contribution in [1.82, 2.24) is 0 Å². The first kappa shape index (κ1) is 48.5. The monoisotopic (exact) mass is 1160 g/mol. The highest BCUT2D eigenvalue weighted by molar-refractivity contribution is 6.43. The molecule has 0 radical (unpaired) electrons. The molecule has 14 nitrogen and oxygen atoms in total. The summed E-state index contributed by atoms with van der Waals surface area (Å²) in [5, 5.41) is 56.7. The van der Waals surface area contributed by atoms with Gasteiger partial charge in [0.2, 0.25) is 0 Å². The number of phenols is 4. The third-order valence-electron chi connectivity index (χ3n) is 11.0. The van der Waals surface area contributed by atoms with E-state index in [0.717, 1.165) is 12.1 Å². The van der Waals surface area contributed by atoms with Gasteiger partial charge in [0.25, 0.3) is 0 Å². The lowest BCUT2D eigenvalue weighted by Crippen LogP contribution is -2.34. The first-order chi connectivity index (χ1) is 31.8. The molecule has 348 valence electrons. The second kappa shape index (κ2) is 16.5. The van der Waals surface area contributed by atoms with Gasteiger partial charge in [0, 0.05) is 11.1 Å². The first-order valence-electron chi connectivity index (χ1n) is 18.0. The summed E-state index contributed by atoms with van der Waals surface area (Å²) < 4.78 is 23.3. The van der Waals surface area contributed by atoms with Gasteiger partial charge in [-0.05, 0) is 36.4 Å². The number of carboxylic acids is 2. The number of aromatic carboxylic acids is 2. The van der Waals surface area contributed by atoms with Crippen molar-refractivity contribution in [3.05, 3.63) is 152 Å². The normalized spacial score (nSPS) is 14.8. The molecular formula is C42H12Cl12O14. The van der Waals surface area contributed by atoms with Gasteiger partial charge in [0.1, 0.15) is 20.1 Å². The number of ether oxygens (including phenoxy) is 4. The highest BCUT2D eigenvalue weighted by Crippen LogP contribution is 2.66. The van der Waals surface area contributed by atoms with Crippen LogP contribution in [0.4, 0.5) is 0 Å². The number of carboxylic acid groups (broad SMARTS) is 2. The molecule has 0 saturated carbocycles. The number of carbonyl (C=O) groups is 4. The average molecular weight is 1170 g/mol. The van der Waals surface area contributed by atoms with Crippen LogP contribution in [0.25, 0.3) is 0 Å². The number of halogens is 12. The summed E-state index contributed by atoms with van der Waals surface area (Å²) in [6, 6.07) is 6.93. The fourth-order valence-electron chi connectivity index (χ4n) is 8.17. The molecule has 4 aliphatic heterocycles. The Labute approximate surface area is 437 Å². The molecule has 0 bridgehead atoms. The topological polar surface area (TPSA) is 227 Å². The number of rotatable bonds is 2. The van der Waals surface area contributed by atoms with Crippen molar-refractivity contribution in [1.29, 1.82) is 0 Å². The van der Waals surface area contributed by atoms with Crippen LogP contribution in [-0.4, -0.2) is 54.5 Å². The fourth-order valence-corrected chi connectivity index (χ4v) is 11.4. The van der Waals surface area contributed by atoms with Crippen LogP contribution in [0.15, 0.2) is 36.4 Å². The third kappa shape index (κ3) is 6.54. The van der Waals surface area contributed by atoms with Crippen molar-refractivity contribution in [2.75, 3.05) is 0 Å². The van der Waals surface area contributed by atoms with E-state index in [-0.39, 0.29) is 123 Å². The smallest absolute Gasteiger partial charge is 0.341 e. The Morgan fingerprint density at radius 3 is 1.06 bits per heavy atom. The van der Waals surface area contributed by atoms with E-state index < -0.39 is 74.2 Å². The Balaban J connectivity index is 0.000000170. The maximum absolute atomic E-state index is 13.2. The Morgan fingerprint density at radius 2 is 0.706 bits per heavy atom. The van der Waals surface area contributed by atoms with Crippen LogP contribution in [-0.2, 0) is 20.7 Å². The molecule has 10 rings (SSSR count). The maximum Gasteiger partial charge on any atom is 0.341 e. The molecule has 6 aromatic rings. The zero-order valence-electron chi connectivity index (χ0n) is 31.9. The molecule has 0 aliphatic carbocycles. The highest BCUT2D eigenvalue weighted by Gasteiger charge is 2.59. The fraction of sp³-hybridized carbons (Fsp3) is 0.0476. The summed E-state index contributed by atoms with van der Waals surface area (Å²) in [4.78, 5) is 49.8. The van der Waals surface area contributed by atoms with E-state index in [1.807, 2.05) is 0 Å². The van der Waals surface area contributed by atoms with Crippen LogP contribution in [0, 0.1) is 0 Å². The van der Waals surface area contributed by atoms with E-state index in [1.165, 1.54) is 24.3 Å². The van der Waals surface area contributed by atoms with Crippen molar-refractivity contribution < 1.29 is 68.8 Å². The second-order valence-corrected chi connectivity index (χ2v) is 19.2. The molecule has 2 spiro atoms. The number of benzene rings is 6. The van der Waals surface area contributed by atoms with Gasteiger partial charge >= 0.3 is 23.9 Å². The molecule has 6 aromatic carbocycles. The predicted molar refractivity (Wildman–Crippen MR) is 250 cm³/mol. The molecular weight excluding hydrogens is 1150 g/mol. The van der Waals surface area contributed by atoms with Gasteiger partial charge in [-0.3, -0.25) is 0 Å². The molecule has 68 heavy (non-hydrogen) atoms. The number of esters is 2. The summed E-state index contributed by atoms with van der Waals surface area (Å²) >= 11 is 75.5. The van der Waals surface area contributed by atoms with E-state index in [1.54, 1.807) is 0 Å². The number of carbonyl (C=O) groups excluding carboxylic acids is 2. The molecule has 0 fully saturated rings. The van der Waals surface area contributed by atoms with Gasteiger partial charge in [0.05, 0.1) is 84.7 Å². The van der Waals surface area contributed by atoms with Gasteiger partial charge in [0.15, 0.2) is 57.2 Å². The summed E-state index contributed by atoms with van der Waals surface area (Å²) in [7, 11) is 0. The molecule has 0 aromatic heterocycles. The SMILES string of the molecule is O=C(O)c1cc(Cl)c2c(c1Cl)C(=O)OC21c2cc(Cl)c(O)c(Cl)c2Oc2c1cc(Cl)c(O)c2Cl.O=C(O)c1cc(Cl)c2c(c1Cl)C1(OC2=O)c2cc(Cl)c(O)c(Cl)c2Oc2c1cc(Cl)c(O)c2Cl. The molecule has 26 heteroatoms. The molecule has 0 atom stereocenters. The van der Waals surface area contributed by atoms with Crippen molar-refractivity contribution in [3.63, 3.8) is 0 Å². The summed E-state index contributed by atoms with van der Waals surface area (Å²) in [6.45, 7) is 0. The van der Waals surface area contributed by atoms with Crippen molar-refractivity contribution in [2.24, 2.45) is 0 Å². The minimum Gasteiger partial charge on any atom is -0.505 e. The quantitative estimate of drug-likeness (QED) is 0.0887. The minimum atomic E-state index is -2.07. The van der Waals surface area contributed by atoms with Crippen LogP contribution >= 0.6 is 139 Å². The first-order valence-corrected chi connectivity index (χ1v) is 22.6. The van der Waals surface area contributed by atoms with Gasteiger partial charge in [-0.25, -0.2) is 19.2 Å². The van der Waals surface area contributed by atoms with Crippen LogP contribution in [0.3, 0.4) is 0 Å². The Morgan fingerprint density at radius 1 is 0.397 bits per heavy atom. The largest absolute Gasteiger partial charge is 0.505 e. The standard InChI is InChI=1S/2C21H6Cl6O7/c22-7-1-4(19(30)31)12(25)10-11(7)21(34-20(10)32)5-2-8(23)15(28)13(26)17(5)33-18-6(21)3-9(24)16(29)14(18)27;22-7-1-4(19(30)31)12(25)11-10(7)20(32)34-21(11)5-2-8(23)15(28)13(26)17(5)33-18-6(21)3-9(24)16(29)14(18)27/h2*1-3,28-29H,(H,30,31). The average Bonchev–Trinajstić information content (AvgIpc) is 3.77. The van der Waals surface area contributed by atoms with Crippen LogP contribution in [0.5, 0.6) is 46.0 Å². The number of hydrogen-bond acceptors (Lipinski definition) is 12. The predicted octanol–water partition coefficient (Wildman–Crippen LogP) is 14.6. The molecule has 4 heterocycles. The van der Waals surface area contributed by atoms with Gasteiger partial charge in [-0.2, -0.15) is 0 Å². The highest BCUT2D eigenvalue weighted by atomic mass is 35.5. The lowest BCUT2D eigenvalue weighted by molar-refractivity contribution is 0.0214.